The summed E-state index contributed by atoms with van der Waals surface area (Å²) in [4.78, 5) is 25.6. The van der Waals surface area contributed by atoms with Crippen LogP contribution in [-0.4, -0.2) is 0 Å². The van der Waals surface area contributed by atoms with Crippen molar-refractivity contribution in [2.24, 2.45) is 0 Å². The van der Waals surface area contributed by atoms with E-state index in [9.17, 15) is 0 Å². The Kier molecular flexibility index (Phi) is 15.3. The normalized spacial score (nSPS) is 8.43. The molecule has 0 aliphatic heterocycles. The molecule has 0 radical (unpaired) electrons. The summed E-state index contributed by atoms with van der Waals surface area (Å²) >= 11 is 0. The largest absolute Gasteiger partial charge is 4.00 e. The van der Waals surface area contributed by atoms with E-state index in [-0.39, 0.29) is 71.1 Å². The third-order valence-electron chi connectivity index (χ3n) is 0. The van der Waals surface area contributed by atoms with Crippen molar-refractivity contribution >= 4 is 7.82 Å². The Morgan fingerprint density at radius 3 is 1.14 bits per heavy atom. The van der Waals surface area contributed by atoms with Crippen LogP contribution in [0.25, 0.3) is 0 Å². The molecule has 0 amide bonds. The molecule has 4 nitrogen and oxygen atoms in total. The van der Waals surface area contributed by atoms with Crippen LogP contribution in [0.5, 0.6) is 0 Å². The van der Waals surface area contributed by atoms with E-state index in [4.69, 9.17) is 19.2 Å². The van der Waals surface area contributed by atoms with Gasteiger partial charge in [-0.2, -0.15) is 7.82 Å². The van der Waals surface area contributed by atoms with Crippen molar-refractivity contribution in [2.45, 2.75) is 0 Å². The standard InChI is InChI=1S/H3O4P.Th.U/c1-5(2,3)4;;/h(H3,1,2,3,4);;/q;+4;/p-3. The van der Waals surface area contributed by atoms with Crippen LogP contribution in [0, 0.1) is 71.1 Å². The molecule has 0 aliphatic rings. The van der Waals surface area contributed by atoms with E-state index >= 15 is 0 Å². The first-order chi connectivity index (χ1) is 2.00. The molecular formula is O4PThU+. The van der Waals surface area contributed by atoms with E-state index < -0.39 is 7.82 Å². The Morgan fingerprint density at radius 2 is 1.14 bits per heavy atom. The molecule has 7 heavy (non-hydrogen) atoms. The smallest absolute Gasteiger partial charge is 0.822 e. The average Bonchev–Trinajstić information content (AvgIpc) is 0.722. The summed E-state index contributed by atoms with van der Waals surface area (Å²) in [5.74, 6) is 0. The molecule has 0 saturated heterocycles. The van der Waals surface area contributed by atoms with Crippen molar-refractivity contribution in [3.63, 3.8) is 0 Å². The molecular weight excluding hydrogens is 565 g/mol. The molecule has 0 unspecified atom stereocenters. The van der Waals surface area contributed by atoms with Crippen molar-refractivity contribution in [3.05, 3.63) is 0 Å². The van der Waals surface area contributed by atoms with Crippen molar-refractivity contribution in [1.82, 2.24) is 0 Å². The minimum atomic E-state index is -5.39. The fourth-order valence-electron chi connectivity index (χ4n) is 0. The van der Waals surface area contributed by atoms with Gasteiger partial charge in [0, 0.05) is 31.1 Å². The SMILES string of the molecule is O=P([O-])([O-])[O-].[Th+4].[U]. The van der Waals surface area contributed by atoms with E-state index in [1.807, 2.05) is 0 Å². The molecule has 0 spiro atoms. The summed E-state index contributed by atoms with van der Waals surface area (Å²) in [6, 6.07) is 0. The molecule has 0 N–H and O–H groups in total. The van der Waals surface area contributed by atoms with E-state index in [1.165, 1.54) is 0 Å². The van der Waals surface area contributed by atoms with Gasteiger partial charge in [0.25, 0.3) is 0 Å². The van der Waals surface area contributed by atoms with Crippen molar-refractivity contribution in [3.8, 4) is 0 Å². The van der Waals surface area contributed by atoms with Gasteiger partial charge in [0.15, 0.2) is 0 Å². The van der Waals surface area contributed by atoms with Crippen LogP contribution in [0.3, 0.4) is 0 Å². The second-order valence-electron chi connectivity index (χ2n) is 0.447. The third-order valence-corrected chi connectivity index (χ3v) is 0. The monoisotopic (exact) mass is 565 g/mol. The van der Waals surface area contributed by atoms with Gasteiger partial charge in [-0.1, -0.05) is 0 Å². The summed E-state index contributed by atoms with van der Waals surface area (Å²) in [6.07, 6.45) is 0. The van der Waals surface area contributed by atoms with Gasteiger partial charge in [-0.3, -0.25) is 0 Å². The predicted octanol–water partition coefficient (Wildman–Crippen LogP) is -2.82. The second-order valence-corrected chi connectivity index (χ2v) is 1.34. The first kappa shape index (κ1) is 16.2. The molecule has 0 fully saturated rings. The number of phosphoric acid groups is 1. The Bertz CT molecular complexity index is 57.8. The van der Waals surface area contributed by atoms with Gasteiger partial charge in [0.05, 0.1) is 0 Å². The van der Waals surface area contributed by atoms with Crippen LogP contribution in [-0.2, 0) is 4.57 Å². The maximum atomic E-state index is 8.55. The zero-order valence-corrected chi connectivity index (χ0v) is 12.2. The fraction of sp³-hybridized carbons (Fsp3) is 0. The van der Waals surface area contributed by atoms with Crippen molar-refractivity contribution in [2.75, 3.05) is 0 Å². The fourth-order valence-corrected chi connectivity index (χ4v) is 0. The van der Waals surface area contributed by atoms with Crippen molar-refractivity contribution in [1.29, 1.82) is 0 Å². The van der Waals surface area contributed by atoms with Gasteiger partial charge in [-0.15, -0.1) is 0 Å². The van der Waals surface area contributed by atoms with E-state index in [2.05, 4.69) is 0 Å². The molecule has 0 aromatic carbocycles. The minimum absolute atomic E-state index is 0. The Labute approximate surface area is 96.4 Å². The van der Waals surface area contributed by atoms with Crippen LogP contribution in [0.2, 0.25) is 0 Å². The molecule has 0 heterocycles. The van der Waals surface area contributed by atoms with E-state index in [1.54, 1.807) is 0 Å². The Hall–Kier alpha value is 2.49. The maximum Gasteiger partial charge on any atom is 4.00 e. The second kappa shape index (κ2) is 6.60. The molecule has 0 atom stereocenters. The summed E-state index contributed by atoms with van der Waals surface area (Å²) in [5, 5.41) is 0. The first-order valence-electron chi connectivity index (χ1n) is 0.730. The zero-order chi connectivity index (χ0) is 4.50. The molecule has 36 valence electrons. The topological polar surface area (TPSA) is 86.2 Å². The van der Waals surface area contributed by atoms with Gasteiger partial charge >= 0.3 is 39.9 Å². The number of rotatable bonds is 0. The molecule has 0 saturated carbocycles. The zero-order valence-electron chi connectivity index (χ0n) is 3.08. The summed E-state index contributed by atoms with van der Waals surface area (Å²) in [6.45, 7) is 0. The first-order valence-corrected chi connectivity index (χ1v) is 2.19. The van der Waals surface area contributed by atoms with Gasteiger partial charge in [0.1, 0.15) is 0 Å². The maximum absolute atomic E-state index is 8.55. The quantitative estimate of drug-likeness (QED) is 0.297. The minimum Gasteiger partial charge on any atom is -0.822 e. The summed E-state index contributed by atoms with van der Waals surface area (Å²) < 4.78 is 8.55. The molecule has 0 aliphatic carbocycles. The molecule has 0 aromatic rings. The Morgan fingerprint density at radius 1 is 1.14 bits per heavy atom. The third kappa shape index (κ3) is 57.8. The van der Waals surface area contributed by atoms with Crippen LogP contribution < -0.4 is 14.7 Å². The molecule has 7 heteroatoms. The van der Waals surface area contributed by atoms with Gasteiger partial charge in [-0.25, -0.2) is 0 Å². The predicted molar refractivity (Wildman–Crippen MR) is 7.61 cm³/mol. The summed E-state index contributed by atoms with van der Waals surface area (Å²) in [7, 11) is -5.39. The number of hydrogen-bond donors (Lipinski definition) is 0. The van der Waals surface area contributed by atoms with Crippen LogP contribution in [0.4, 0.5) is 0 Å². The summed E-state index contributed by atoms with van der Waals surface area (Å²) in [5.41, 5.74) is 0. The van der Waals surface area contributed by atoms with Gasteiger partial charge in [-0.05, 0) is 0 Å². The van der Waals surface area contributed by atoms with E-state index in [0.717, 1.165) is 0 Å². The van der Waals surface area contributed by atoms with Crippen LogP contribution in [0.1, 0.15) is 0 Å². The average molecular weight is 565 g/mol. The van der Waals surface area contributed by atoms with Crippen LogP contribution in [0.15, 0.2) is 0 Å². The molecule has 0 aromatic heterocycles. The Balaban J connectivity index is -0.0000000800. The van der Waals surface area contributed by atoms with Crippen molar-refractivity contribution < 1.29 is 90.3 Å². The molecule has 0 bridgehead atoms. The molecule has 0 rings (SSSR count). The van der Waals surface area contributed by atoms with Gasteiger partial charge < -0.3 is 19.2 Å². The van der Waals surface area contributed by atoms with Gasteiger partial charge in [0.2, 0.25) is 0 Å². The number of hydrogen-bond acceptors (Lipinski definition) is 4. The van der Waals surface area contributed by atoms with E-state index in [0.29, 0.717) is 0 Å². The van der Waals surface area contributed by atoms with Crippen LogP contribution >= 0.6 is 7.82 Å².